The molecule has 0 saturated heterocycles. The summed E-state index contributed by atoms with van der Waals surface area (Å²) in [5.41, 5.74) is 4.97. The molecule has 4 aromatic heterocycles. The van der Waals surface area contributed by atoms with Crippen LogP contribution in [0.2, 0.25) is 0 Å². The van der Waals surface area contributed by atoms with Crippen molar-refractivity contribution in [2.75, 3.05) is 6.61 Å². The number of para-hydroxylation sites is 1. The van der Waals surface area contributed by atoms with Crippen LogP contribution < -0.4 is 14.8 Å². The first-order valence-corrected chi connectivity index (χ1v) is 12.7. The molecule has 38 heavy (non-hydrogen) atoms. The van der Waals surface area contributed by atoms with Crippen LogP contribution in [0.5, 0.6) is 5.75 Å². The number of hydrogen-bond acceptors (Lipinski definition) is 7. The molecule has 0 fully saturated rings. The molecule has 0 aliphatic carbocycles. The fraction of sp³-hybridized carbons (Fsp3) is 0.0690. The van der Waals surface area contributed by atoms with E-state index in [9.17, 15) is 4.79 Å². The van der Waals surface area contributed by atoms with Gasteiger partial charge in [0.2, 0.25) is 4.96 Å². The van der Waals surface area contributed by atoms with Gasteiger partial charge in [0, 0.05) is 35.3 Å². The molecule has 6 rings (SSSR count). The number of ether oxygens (including phenoxy) is 1. The van der Waals surface area contributed by atoms with Gasteiger partial charge in [-0.05, 0) is 61.0 Å². The van der Waals surface area contributed by atoms with Gasteiger partial charge in [-0.2, -0.15) is 14.6 Å². The molecule has 0 aliphatic rings. The average Bonchev–Trinajstić information content (AvgIpc) is 3.64. The number of aromatic nitrogens is 6. The lowest BCUT2D eigenvalue weighted by Crippen LogP contribution is -2.23. The molecule has 0 amide bonds. The van der Waals surface area contributed by atoms with Crippen molar-refractivity contribution in [1.29, 1.82) is 0 Å². The third-order valence-electron chi connectivity index (χ3n) is 5.98. The van der Waals surface area contributed by atoms with Gasteiger partial charge >= 0.3 is 0 Å². The quantitative estimate of drug-likeness (QED) is 0.290. The SMILES string of the molecule is C=CCOc1ccc(-c2nn(-c3ccccc3)cc2/C=c2\sc3nc(-c4ccncc4)nn3c2=O)cc1C. The van der Waals surface area contributed by atoms with Gasteiger partial charge in [0.1, 0.15) is 18.1 Å². The van der Waals surface area contributed by atoms with Crippen LogP contribution in [-0.2, 0) is 0 Å². The minimum absolute atomic E-state index is 0.222. The molecule has 6 aromatic rings. The van der Waals surface area contributed by atoms with E-state index < -0.39 is 0 Å². The molecule has 0 unspecified atom stereocenters. The first-order valence-electron chi connectivity index (χ1n) is 11.9. The van der Waals surface area contributed by atoms with E-state index in [2.05, 4.69) is 21.6 Å². The Balaban J connectivity index is 1.47. The monoisotopic (exact) mass is 518 g/mol. The van der Waals surface area contributed by atoms with Crippen LogP contribution in [0.25, 0.3) is 39.4 Å². The second-order valence-electron chi connectivity index (χ2n) is 8.57. The first kappa shape index (κ1) is 23.5. The largest absolute Gasteiger partial charge is 0.489 e. The molecule has 0 N–H and O–H groups in total. The number of hydrogen-bond donors (Lipinski definition) is 0. The van der Waals surface area contributed by atoms with Crippen LogP contribution in [0.15, 0.2) is 96.7 Å². The predicted octanol–water partition coefficient (Wildman–Crippen LogP) is 4.49. The highest BCUT2D eigenvalue weighted by molar-refractivity contribution is 7.15. The number of rotatable bonds is 7. The van der Waals surface area contributed by atoms with E-state index in [0.717, 1.165) is 39.4 Å². The Morgan fingerprint density at radius 3 is 2.58 bits per heavy atom. The second-order valence-corrected chi connectivity index (χ2v) is 9.58. The van der Waals surface area contributed by atoms with Crippen LogP contribution in [0.1, 0.15) is 11.1 Å². The molecule has 9 heteroatoms. The second kappa shape index (κ2) is 9.87. The molecule has 4 heterocycles. The van der Waals surface area contributed by atoms with Gasteiger partial charge in [-0.3, -0.25) is 9.78 Å². The molecule has 0 spiro atoms. The standard InChI is InChI=1S/C29H22N6O2S/c1-3-15-37-24-10-9-21(16-19(24)2)26-22(18-34(32-26)23-7-5-4-6-8-23)17-25-28(36)35-29(38-25)31-27(33-35)20-11-13-30-14-12-20/h3-14,16-18H,1,15H2,2H3/b25-17-. The van der Waals surface area contributed by atoms with Gasteiger partial charge in [0.25, 0.3) is 5.56 Å². The van der Waals surface area contributed by atoms with Crippen LogP contribution in [0, 0.1) is 6.92 Å². The molecule has 0 saturated carbocycles. The van der Waals surface area contributed by atoms with Crippen LogP contribution in [0.3, 0.4) is 0 Å². The smallest absolute Gasteiger partial charge is 0.291 e. The van der Waals surface area contributed by atoms with Crippen molar-refractivity contribution in [3.63, 3.8) is 0 Å². The van der Waals surface area contributed by atoms with Gasteiger partial charge in [0.15, 0.2) is 5.82 Å². The lowest BCUT2D eigenvalue weighted by atomic mass is 10.0. The van der Waals surface area contributed by atoms with Crippen molar-refractivity contribution >= 4 is 22.4 Å². The van der Waals surface area contributed by atoms with Gasteiger partial charge in [0.05, 0.1) is 10.2 Å². The highest BCUT2D eigenvalue weighted by Crippen LogP contribution is 2.29. The summed E-state index contributed by atoms with van der Waals surface area (Å²) in [7, 11) is 0. The Labute approximate surface area is 221 Å². The maximum absolute atomic E-state index is 13.3. The number of nitrogens with zero attached hydrogens (tertiary/aromatic N) is 6. The van der Waals surface area contributed by atoms with Crippen molar-refractivity contribution < 1.29 is 4.74 Å². The van der Waals surface area contributed by atoms with E-state index in [4.69, 9.17) is 9.84 Å². The van der Waals surface area contributed by atoms with Gasteiger partial charge in [-0.1, -0.05) is 42.2 Å². The number of fused-ring (bicyclic) bond motifs is 1. The number of benzene rings is 2. The average molecular weight is 519 g/mol. The predicted molar refractivity (Wildman–Crippen MR) is 149 cm³/mol. The Hall–Kier alpha value is -4.89. The van der Waals surface area contributed by atoms with E-state index >= 15 is 0 Å². The zero-order valence-corrected chi connectivity index (χ0v) is 21.3. The lowest BCUT2D eigenvalue weighted by Gasteiger charge is -2.08. The third-order valence-corrected chi connectivity index (χ3v) is 6.93. The van der Waals surface area contributed by atoms with Crippen molar-refractivity contribution in [1.82, 2.24) is 29.4 Å². The Morgan fingerprint density at radius 2 is 1.84 bits per heavy atom. The molecular weight excluding hydrogens is 496 g/mol. The molecule has 2 aromatic carbocycles. The summed E-state index contributed by atoms with van der Waals surface area (Å²) in [6, 6.07) is 19.4. The summed E-state index contributed by atoms with van der Waals surface area (Å²) in [6.45, 7) is 6.14. The molecule has 0 bridgehead atoms. The fourth-order valence-corrected chi connectivity index (χ4v) is 5.03. The van der Waals surface area contributed by atoms with Crippen molar-refractivity contribution in [2.24, 2.45) is 0 Å². The Kier molecular flexibility index (Phi) is 6.11. The number of thiazole rings is 1. The van der Waals surface area contributed by atoms with Gasteiger partial charge in [-0.15, -0.1) is 5.10 Å². The van der Waals surface area contributed by atoms with Crippen LogP contribution >= 0.6 is 11.3 Å². The van der Waals surface area contributed by atoms with E-state index in [1.807, 2.05) is 84.5 Å². The van der Waals surface area contributed by atoms with Crippen molar-refractivity contribution in [3.05, 3.63) is 118 Å². The van der Waals surface area contributed by atoms with E-state index in [-0.39, 0.29) is 5.56 Å². The Morgan fingerprint density at radius 1 is 1.03 bits per heavy atom. The van der Waals surface area contributed by atoms with Crippen molar-refractivity contribution in [3.8, 4) is 34.1 Å². The van der Waals surface area contributed by atoms with Crippen LogP contribution in [-0.4, -0.2) is 36.0 Å². The topological polar surface area (TPSA) is 87.2 Å². The summed E-state index contributed by atoms with van der Waals surface area (Å²) in [5.74, 6) is 1.29. The minimum atomic E-state index is -0.222. The van der Waals surface area contributed by atoms with Gasteiger partial charge in [-0.25, -0.2) is 4.68 Å². The zero-order valence-electron chi connectivity index (χ0n) is 20.5. The molecular formula is C29H22N6O2S. The summed E-state index contributed by atoms with van der Waals surface area (Å²) < 4.78 is 9.45. The van der Waals surface area contributed by atoms with Crippen LogP contribution in [0.4, 0.5) is 0 Å². The third kappa shape index (κ3) is 4.39. The lowest BCUT2D eigenvalue weighted by molar-refractivity contribution is 0.361. The first-order chi connectivity index (χ1) is 18.6. The van der Waals surface area contributed by atoms with Gasteiger partial charge < -0.3 is 4.74 Å². The number of aryl methyl sites for hydroxylation is 1. The van der Waals surface area contributed by atoms with E-state index in [1.165, 1.54) is 15.9 Å². The normalized spacial score (nSPS) is 11.8. The molecule has 0 aliphatic heterocycles. The maximum Gasteiger partial charge on any atom is 0.291 e. The summed E-state index contributed by atoms with van der Waals surface area (Å²) >= 11 is 1.30. The molecule has 186 valence electrons. The highest BCUT2D eigenvalue weighted by atomic mass is 32.1. The summed E-state index contributed by atoms with van der Waals surface area (Å²) in [6.07, 6.45) is 8.85. The Bertz CT molecular complexity index is 1870. The highest BCUT2D eigenvalue weighted by Gasteiger charge is 2.16. The maximum atomic E-state index is 13.3. The molecule has 0 radical (unpaired) electrons. The van der Waals surface area contributed by atoms with E-state index in [0.29, 0.717) is 21.9 Å². The van der Waals surface area contributed by atoms with Crippen molar-refractivity contribution in [2.45, 2.75) is 6.92 Å². The molecule has 0 atom stereocenters. The van der Waals surface area contributed by atoms with E-state index in [1.54, 1.807) is 18.5 Å². The zero-order chi connectivity index (χ0) is 26.1. The fourth-order valence-electron chi connectivity index (χ4n) is 4.14. The summed E-state index contributed by atoms with van der Waals surface area (Å²) in [4.78, 5) is 22.4. The summed E-state index contributed by atoms with van der Waals surface area (Å²) in [5, 5.41) is 9.33. The molecule has 8 nitrogen and oxygen atoms in total. The number of pyridine rings is 1. The minimum Gasteiger partial charge on any atom is -0.489 e.